The van der Waals surface area contributed by atoms with E-state index >= 15 is 0 Å². The fraction of sp³-hybridized carbons (Fsp3) is 0.471. The Morgan fingerprint density at radius 2 is 1.85 bits per heavy atom. The van der Waals surface area contributed by atoms with E-state index < -0.39 is 29.9 Å². The molecule has 142 valence electrons. The summed E-state index contributed by atoms with van der Waals surface area (Å²) in [5, 5.41) is 5.07. The summed E-state index contributed by atoms with van der Waals surface area (Å²) >= 11 is 0. The van der Waals surface area contributed by atoms with E-state index in [-0.39, 0.29) is 17.8 Å². The Kier molecular flexibility index (Phi) is 6.88. The van der Waals surface area contributed by atoms with E-state index in [9.17, 15) is 23.2 Å². The lowest BCUT2D eigenvalue weighted by Gasteiger charge is -2.31. The summed E-state index contributed by atoms with van der Waals surface area (Å²) in [6.07, 6.45) is 0.324. The largest absolute Gasteiger partial charge is 0.450 e. The summed E-state index contributed by atoms with van der Waals surface area (Å²) in [5.74, 6) is -3.20. The molecule has 1 aromatic carbocycles. The smallest absolute Gasteiger partial charge is 0.409 e. The van der Waals surface area contributed by atoms with Crippen LogP contribution in [0.15, 0.2) is 18.2 Å². The second kappa shape index (κ2) is 9.12. The fourth-order valence-electron chi connectivity index (χ4n) is 2.62. The van der Waals surface area contributed by atoms with Crippen LogP contribution in [-0.2, 0) is 14.3 Å². The van der Waals surface area contributed by atoms with Crippen LogP contribution in [0.25, 0.3) is 0 Å². The van der Waals surface area contributed by atoms with Crippen molar-refractivity contribution in [2.75, 3.05) is 25.0 Å². The maximum Gasteiger partial charge on any atom is 0.409 e. The number of carbonyl (C=O) groups excluding carboxylic acids is 3. The van der Waals surface area contributed by atoms with E-state index in [2.05, 4.69) is 10.6 Å². The van der Waals surface area contributed by atoms with Crippen LogP contribution >= 0.6 is 0 Å². The summed E-state index contributed by atoms with van der Waals surface area (Å²) in [6.45, 7) is 2.97. The third-order valence-electron chi connectivity index (χ3n) is 3.91. The van der Waals surface area contributed by atoms with Crippen LogP contribution in [0.3, 0.4) is 0 Å². The number of anilines is 1. The standard InChI is InChI=1S/C17H21F2N3O4/c1-2-26-17(25)22-7-5-11(6-8-22)20-15(23)10-16(24)21-12-3-4-13(18)14(19)9-12/h3-4,9,11H,2,5-8,10H2,1H3,(H,20,23)(H,21,24). The number of nitrogens with one attached hydrogen (secondary N) is 2. The number of benzene rings is 1. The van der Waals surface area contributed by atoms with Crippen LogP contribution in [0.1, 0.15) is 26.2 Å². The molecule has 0 atom stereocenters. The molecule has 7 nitrogen and oxygen atoms in total. The van der Waals surface area contributed by atoms with Gasteiger partial charge in [-0.2, -0.15) is 0 Å². The van der Waals surface area contributed by atoms with E-state index in [1.807, 2.05) is 0 Å². The summed E-state index contributed by atoms with van der Waals surface area (Å²) in [4.78, 5) is 36.9. The van der Waals surface area contributed by atoms with E-state index in [0.29, 0.717) is 32.5 Å². The number of piperidine rings is 1. The van der Waals surface area contributed by atoms with Gasteiger partial charge in [0.2, 0.25) is 11.8 Å². The molecule has 2 N–H and O–H groups in total. The number of likely N-dealkylation sites (tertiary alicyclic amines) is 1. The highest BCUT2D eigenvalue weighted by Crippen LogP contribution is 2.14. The minimum absolute atomic E-state index is 0.0736. The fourth-order valence-corrected chi connectivity index (χ4v) is 2.62. The first kappa shape index (κ1) is 19.6. The first-order valence-electron chi connectivity index (χ1n) is 8.35. The monoisotopic (exact) mass is 369 g/mol. The Labute approximate surface area is 149 Å². The molecule has 0 radical (unpaired) electrons. The van der Waals surface area contributed by atoms with Crippen molar-refractivity contribution >= 4 is 23.6 Å². The number of nitrogens with zero attached hydrogens (tertiary/aromatic N) is 1. The van der Waals surface area contributed by atoms with Crippen molar-refractivity contribution in [3.05, 3.63) is 29.8 Å². The molecule has 1 aliphatic heterocycles. The molecule has 3 amide bonds. The van der Waals surface area contributed by atoms with E-state index in [0.717, 1.165) is 12.1 Å². The lowest BCUT2D eigenvalue weighted by Crippen LogP contribution is -2.47. The molecule has 1 heterocycles. The maximum atomic E-state index is 13.1. The lowest BCUT2D eigenvalue weighted by molar-refractivity contribution is -0.127. The lowest BCUT2D eigenvalue weighted by atomic mass is 10.1. The number of ether oxygens (including phenoxy) is 1. The normalized spacial score (nSPS) is 14.7. The topological polar surface area (TPSA) is 87.7 Å². The van der Waals surface area contributed by atoms with Gasteiger partial charge in [0.05, 0.1) is 6.61 Å². The van der Waals surface area contributed by atoms with E-state index in [1.54, 1.807) is 11.8 Å². The summed E-state index contributed by atoms with van der Waals surface area (Å²) in [5.41, 5.74) is 0.0736. The molecular formula is C17H21F2N3O4. The van der Waals surface area contributed by atoms with Crippen LogP contribution in [0, 0.1) is 11.6 Å². The van der Waals surface area contributed by atoms with Gasteiger partial charge in [-0.1, -0.05) is 0 Å². The SMILES string of the molecule is CCOC(=O)N1CCC(NC(=O)CC(=O)Nc2ccc(F)c(F)c2)CC1. The zero-order chi connectivity index (χ0) is 19.1. The molecule has 0 unspecified atom stereocenters. The van der Waals surface area contributed by atoms with E-state index in [4.69, 9.17) is 4.74 Å². The molecule has 0 aliphatic carbocycles. The average molecular weight is 369 g/mol. The van der Waals surface area contributed by atoms with Crippen molar-refractivity contribution in [2.24, 2.45) is 0 Å². The Balaban J connectivity index is 1.74. The zero-order valence-corrected chi connectivity index (χ0v) is 14.4. The highest BCUT2D eigenvalue weighted by molar-refractivity contribution is 6.03. The van der Waals surface area contributed by atoms with Crippen molar-refractivity contribution in [2.45, 2.75) is 32.2 Å². The predicted molar refractivity (Wildman–Crippen MR) is 89.4 cm³/mol. The van der Waals surface area contributed by atoms with Gasteiger partial charge in [-0.15, -0.1) is 0 Å². The first-order valence-corrected chi connectivity index (χ1v) is 8.35. The van der Waals surface area contributed by atoms with Crippen molar-refractivity contribution in [1.29, 1.82) is 0 Å². The maximum absolute atomic E-state index is 13.1. The molecule has 0 spiro atoms. The van der Waals surface area contributed by atoms with Crippen LogP contribution in [0.5, 0.6) is 0 Å². The van der Waals surface area contributed by atoms with Gasteiger partial charge >= 0.3 is 6.09 Å². The van der Waals surface area contributed by atoms with Gasteiger partial charge in [-0.05, 0) is 31.9 Å². The highest BCUT2D eigenvalue weighted by Gasteiger charge is 2.25. The van der Waals surface area contributed by atoms with Gasteiger partial charge < -0.3 is 20.3 Å². The molecule has 1 aromatic rings. The van der Waals surface area contributed by atoms with Gasteiger partial charge in [-0.25, -0.2) is 13.6 Å². The van der Waals surface area contributed by atoms with E-state index in [1.165, 1.54) is 6.07 Å². The Bertz CT molecular complexity index is 676. The number of hydrogen-bond donors (Lipinski definition) is 2. The van der Waals surface area contributed by atoms with Crippen molar-refractivity contribution in [3.8, 4) is 0 Å². The molecular weight excluding hydrogens is 348 g/mol. The molecule has 0 saturated carbocycles. The molecule has 1 aliphatic rings. The van der Waals surface area contributed by atoms with Crippen LogP contribution in [-0.4, -0.2) is 48.5 Å². The number of carbonyl (C=O) groups is 3. The molecule has 1 saturated heterocycles. The molecule has 9 heteroatoms. The van der Waals surface area contributed by atoms with Gasteiger partial charge in [0, 0.05) is 30.9 Å². The predicted octanol–water partition coefficient (Wildman–Crippen LogP) is 2.03. The van der Waals surface area contributed by atoms with Crippen LogP contribution < -0.4 is 10.6 Å². The Hall–Kier alpha value is -2.71. The third-order valence-corrected chi connectivity index (χ3v) is 3.91. The molecule has 1 fully saturated rings. The second-order valence-electron chi connectivity index (χ2n) is 5.88. The van der Waals surface area contributed by atoms with Gasteiger partial charge in [0.25, 0.3) is 0 Å². The van der Waals surface area contributed by atoms with Crippen LogP contribution in [0.4, 0.5) is 19.3 Å². The first-order chi connectivity index (χ1) is 12.4. The van der Waals surface area contributed by atoms with Crippen molar-refractivity contribution in [3.63, 3.8) is 0 Å². The number of amides is 3. The second-order valence-corrected chi connectivity index (χ2v) is 5.88. The van der Waals surface area contributed by atoms with Crippen LogP contribution in [0.2, 0.25) is 0 Å². The Morgan fingerprint density at radius 3 is 2.46 bits per heavy atom. The average Bonchev–Trinajstić information content (AvgIpc) is 2.59. The van der Waals surface area contributed by atoms with Crippen molar-refractivity contribution < 1.29 is 27.9 Å². The molecule has 0 aromatic heterocycles. The third kappa shape index (κ3) is 5.68. The minimum Gasteiger partial charge on any atom is -0.450 e. The van der Waals surface area contributed by atoms with Gasteiger partial charge in [0.1, 0.15) is 6.42 Å². The summed E-state index contributed by atoms with van der Waals surface area (Å²) < 4.78 is 30.9. The number of rotatable bonds is 5. The minimum atomic E-state index is -1.08. The molecule has 0 bridgehead atoms. The van der Waals surface area contributed by atoms with Gasteiger partial charge in [-0.3, -0.25) is 9.59 Å². The van der Waals surface area contributed by atoms with Crippen molar-refractivity contribution in [1.82, 2.24) is 10.2 Å². The summed E-state index contributed by atoms with van der Waals surface area (Å²) in [7, 11) is 0. The Morgan fingerprint density at radius 1 is 1.15 bits per heavy atom. The molecule has 26 heavy (non-hydrogen) atoms. The summed E-state index contributed by atoms with van der Waals surface area (Å²) in [6, 6.07) is 2.81. The number of halogens is 2. The highest BCUT2D eigenvalue weighted by atomic mass is 19.2. The molecule has 2 rings (SSSR count). The van der Waals surface area contributed by atoms with Gasteiger partial charge in [0.15, 0.2) is 11.6 Å². The number of hydrogen-bond acceptors (Lipinski definition) is 4. The zero-order valence-electron chi connectivity index (χ0n) is 14.4. The quantitative estimate of drug-likeness (QED) is 0.778.